The van der Waals surface area contributed by atoms with E-state index in [1.165, 1.54) is 0 Å². The van der Waals surface area contributed by atoms with Crippen LogP contribution in [0.1, 0.15) is 31.7 Å². The van der Waals surface area contributed by atoms with E-state index in [1.54, 1.807) is 6.92 Å². The molecule has 0 bridgehead atoms. The average Bonchev–Trinajstić information content (AvgIpc) is 2.30. The largest absolute Gasteiger partial charge is 0.428 e. The molecule has 0 aliphatic rings. The summed E-state index contributed by atoms with van der Waals surface area (Å²) in [6.07, 6.45) is 0.700. The van der Waals surface area contributed by atoms with Crippen molar-refractivity contribution in [3.05, 3.63) is 29.8 Å². The molecule has 0 heterocycles. The standard InChI is InChI=1S/C12H14INO2/c1-3-11(12(2,15)8-14)9-5-4-6-10(7-9)16-13/h4-7,11,15H,3H2,1-2H3. The maximum absolute atomic E-state index is 10.00. The number of aliphatic hydroxyl groups is 1. The molecule has 86 valence electrons. The molecule has 0 saturated carbocycles. The lowest BCUT2D eigenvalue weighted by molar-refractivity contribution is 0.0860. The molecule has 0 aromatic heterocycles. The molecule has 0 aliphatic heterocycles. The molecule has 4 heteroatoms. The predicted octanol–water partition coefficient (Wildman–Crippen LogP) is 3.18. The summed E-state index contributed by atoms with van der Waals surface area (Å²) >= 11 is 1.81. The molecule has 1 N–H and O–H groups in total. The molecule has 3 nitrogen and oxygen atoms in total. The molecular formula is C12H14INO2. The molecule has 0 aliphatic carbocycles. The second kappa shape index (κ2) is 5.51. The summed E-state index contributed by atoms with van der Waals surface area (Å²) in [5, 5.41) is 18.9. The van der Waals surface area contributed by atoms with E-state index in [-0.39, 0.29) is 5.92 Å². The molecule has 0 amide bonds. The first-order chi connectivity index (χ1) is 7.55. The number of nitrogens with zero attached hydrogens (tertiary/aromatic N) is 1. The Balaban J connectivity index is 3.09. The highest BCUT2D eigenvalue weighted by Gasteiger charge is 2.31. The van der Waals surface area contributed by atoms with E-state index < -0.39 is 5.60 Å². The summed E-state index contributed by atoms with van der Waals surface area (Å²) < 4.78 is 5.10. The van der Waals surface area contributed by atoms with Crippen molar-refractivity contribution in [2.45, 2.75) is 31.8 Å². The van der Waals surface area contributed by atoms with Crippen molar-refractivity contribution in [3.8, 4) is 11.8 Å². The minimum absolute atomic E-state index is 0.205. The fourth-order valence-electron chi connectivity index (χ4n) is 1.81. The van der Waals surface area contributed by atoms with Gasteiger partial charge in [-0.05, 0) is 31.0 Å². The lowest BCUT2D eigenvalue weighted by atomic mass is 9.82. The van der Waals surface area contributed by atoms with Gasteiger partial charge in [0, 0.05) is 5.92 Å². The van der Waals surface area contributed by atoms with Crippen molar-refractivity contribution in [3.63, 3.8) is 0 Å². The van der Waals surface area contributed by atoms with Crippen molar-refractivity contribution in [2.75, 3.05) is 0 Å². The van der Waals surface area contributed by atoms with Gasteiger partial charge in [0.15, 0.2) is 28.6 Å². The Morgan fingerprint density at radius 2 is 2.31 bits per heavy atom. The van der Waals surface area contributed by atoms with Crippen molar-refractivity contribution in [1.82, 2.24) is 0 Å². The van der Waals surface area contributed by atoms with Gasteiger partial charge in [0.2, 0.25) is 0 Å². The minimum Gasteiger partial charge on any atom is -0.428 e. The van der Waals surface area contributed by atoms with Crippen molar-refractivity contribution in [2.24, 2.45) is 0 Å². The van der Waals surface area contributed by atoms with Crippen LogP contribution in [-0.4, -0.2) is 10.7 Å². The van der Waals surface area contributed by atoms with Gasteiger partial charge in [0.1, 0.15) is 5.75 Å². The van der Waals surface area contributed by atoms with Crippen LogP contribution in [0.2, 0.25) is 0 Å². The third-order valence-corrected chi connectivity index (χ3v) is 3.17. The summed E-state index contributed by atoms with van der Waals surface area (Å²) in [6.45, 7) is 3.49. The zero-order chi connectivity index (χ0) is 12.2. The fraction of sp³-hybridized carbons (Fsp3) is 0.417. The molecule has 2 atom stereocenters. The second-order valence-electron chi connectivity index (χ2n) is 3.87. The van der Waals surface area contributed by atoms with E-state index in [1.807, 2.05) is 60.3 Å². The summed E-state index contributed by atoms with van der Waals surface area (Å²) in [5.41, 5.74) is -0.429. The topological polar surface area (TPSA) is 53.2 Å². The molecule has 0 radical (unpaired) electrons. The first-order valence-corrected chi connectivity index (χ1v) is 5.95. The summed E-state index contributed by atoms with van der Waals surface area (Å²) in [7, 11) is 0. The summed E-state index contributed by atoms with van der Waals surface area (Å²) in [4.78, 5) is 0. The highest BCUT2D eigenvalue weighted by Crippen LogP contribution is 2.32. The first kappa shape index (κ1) is 13.3. The van der Waals surface area contributed by atoms with Crippen LogP contribution in [0.4, 0.5) is 0 Å². The normalized spacial score (nSPS) is 15.9. The lowest BCUT2D eigenvalue weighted by Gasteiger charge is -2.26. The van der Waals surface area contributed by atoms with Gasteiger partial charge in [-0.15, -0.1) is 0 Å². The monoisotopic (exact) mass is 331 g/mol. The zero-order valence-corrected chi connectivity index (χ0v) is 11.4. The minimum atomic E-state index is -1.35. The SMILES string of the molecule is CCC(c1cccc(OI)c1)C(C)(O)C#N. The molecule has 0 fully saturated rings. The van der Waals surface area contributed by atoms with Crippen LogP contribution in [0.3, 0.4) is 0 Å². The Morgan fingerprint density at radius 3 is 2.81 bits per heavy atom. The van der Waals surface area contributed by atoms with E-state index >= 15 is 0 Å². The number of halogens is 1. The smallest absolute Gasteiger partial charge is 0.192 e. The van der Waals surface area contributed by atoms with Gasteiger partial charge in [-0.2, -0.15) is 5.26 Å². The fourth-order valence-corrected chi connectivity index (χ4v) is 2.09. The van der Waals surface area contributed by atoms with Crippen LogP contribution in [0, 0.1) is 11.3 Å². The lowest BCUT2D eigenvalue weighted by Crippen LogP contribution is -2.30. The van der Waals surface area contributed by atoms with Crippen LogP contribution in [-0.2, 0) is 0 Å². The van der Waals surface area contributed by atoms with E-state index in [9.17, 15) is 5.11 Å². The molecule has 1 aromatic rings. The van der Waals surface area contributed by atoms with Gasteiger partial charge in [-0.3, -0.25) is 0 Å². The van der Waals surface area contributed by atoms with Crippen LogP contribution in [0.5, 0.6) is 5.75 Å². The third-order valence-electron chi connectivity index (χ3n) is 2.66. The molecule has 0 spiro atoms. The van der Waals surface area contributed by atoms with Crippen molar-refractivity contribution < 1.29 is 8.17 Å². The number of rotatable bonds is 4. The van der Waals surface area contributed by atoms with Gasteiger partial charge >= 0.3 is 0 Å². The average molecular weight is 331 g/mol. The van der Waals surface area contributed by atoms with E-state index in [0.717, 1.165) is 11.3 Å². The summed E-state index contributed by atoms with van der Waals surface area (Å²) in [6, 6.07) is 9.39. The number of hydrogen-bond acceptors (Lipinski definition) is 3. The third kappa shape index (κ3) is 2.86. The van der Waals surface area contributed by atoms with Crippen molar-refractivity contribution in [1.29, 1.82) is 5.26 Å². The maximum atomic E-state index is 10.00. The van der Waals surface area contributed by atoms with E-state index in [4.69, 9.17) is 8.33 Å². The van der Waals surface area contributed by atoms with Gasteiger partial charge in [-0.25, -0.2) is 0 Å². The number of benzene rings is 1. The van der Waals surface area contributed by atoms with Crippen molar-refractivity contribution >= 4 is 23.0 Å². The van der Waals surface area contributed by atoms with Gasteiger partial charge in [0.25, 0.3) is 0 Å². The second-order valence-corrected chi connectivity index (χ2v) is 4.31. The Bertz CT molecular complexity index is 398. The highest BCUT2D eigenvalue weighted by molar-refractivity contribution is 14.1. The summed E-state index contributed by atoms with van der Waals surface area (Å²) in [5.74, 6) is 0.522. The Morgan fingerprint density at radius 1 is 1.62 bits per heavy atom. The molecule has 16 heavy (non-hydrogen) atoms. The number of hydrogen-bond donors (Lipinski definition) is 1. The number of nitriles is 1. The quantitative estimate of drug-likeness (QED) is 0.681. The molecule has 0 saturated heterocycles. The first-order valence-electron chi connectivity index (χ1n) is 5.07. The molecule has 2 unspecified atom stereocenters. The molecule has 1 aromatic carbocycles. The maximum Gasteiger partial charge on any atom is 0.192 e. The predicted molar refractivity (Wildman–Crippen MR) is 70.4 cm³/mol. The van der Waals surface area contributed by atoms with Crippen LogP contribution in [0.15, 0.2) is 24.3 Å². The van der Waals surface area contributed by atoms with E-state index in [0.29, 0.717) is 6.42 Å². The van der Waals surface area contributed by atoms with Crippen LogP contribution < -0.4 is 3.07 Å². The Hall–Kier alpha value is -0.800. The molecular weight excluding hydrogens is 317 g/mol. The Kier molecular flexibility index (Phi) is 4.56. The zero-order valence-electron chi connectivity index (χ0n) is 9.27. The van der Waals surface area contributed by atoms with Crippen LogP contribution in [0.25, 0.3) is 0 Å². The Labute approximate surface area is 110 Å². The molecule has 1 rings (SSSR count). The highest BCUT2D eigenvalue weighted by atomic mass is 127. The van der Waals surface area contributed by atoms with Gasteiger partial charge < -0.3 is 8.17 Å². The van der Waals surface area contributed by atoms with Gasteiger partial charge in [-0.1, -0.05) is 19.1 Å². The van der Waals surface area contributed by atoms with E-state index in [2.05, 4.69) is 0 Å². The van der Waals surface area contributed by atoms with Gasteiger partial charge in [0.05, 0.1) is 6.07 Å². The van der Waals surface area contributed by atoms with Crippen LogP contribution >= 0.6 is 23.0 Å².